The van der Waals surface area contributed by atoms with Gasteiger partial charge in [0.2, 0.25) is 0 Å². The number of primary amides is 1. The van der Waals surface area contributed by atoms with Gasteiger partial charge in [-0.2, -0.15) is 0 Å². The third-order valence-electron chi connectivity index (χ3n) is 1.44. The summed E-state index contributed by atoms with van der Waals surface area (Å²) < 4.78 is 4.50. The molecule has 0 aromatic heterocycles. The van der Waals surface area contributed by atoms with Crippen LogP contribution in [0.25, 0.3) is 0 Å². The van der Waals surface area contributed by atoms with Gasteiger partial charge in [0.1, 0.15) is 12.4 Å². The highest BCUT2D eigenvalue weighted by molar-refractivity contribution is 5.64. The van der Waals surface area contributed by atoms with Gasteiger partial charge in [-0.25, -0.2) is 4.79 Å². The Morgan fingerprint density at radius 2 is 2.08 bits per heavy atom. The van der Waals surface area contributed by atoms with E-state index in [1.165, 1.54) is 0 Å². The van der Waals surface area contributed by atoms with Gasteiger partial charge < -0.3 is 15.6 Å². The topological polar surface area (TPSA) is 72.6 Å². The van der Waals surface area contributed by atoms with E-state index in [1.54, 1.807) is 30.7 Å². The molecule has 4 nitrogen and oxygen atoms in total. The van der Waals surface area contributed by atoms with Crippen LogP contribution in [0.15, 0.2) is 24.3 Å². The molecule has 69 valence electrons. The molecule has 0 aliphatic rings. The Hall–Kier alpha value is -1.71. The van der Waals surface area contributed by atoms with E-state index in [2.05, 4.69) is 4.74 Å². The molecule has 13 heavy (non-hydrogen) atoms. The number of benzene rings is 1. The fourth-order valence-electron chi connectivity index (χ4n) is 0.830. The molecular weight excluding hydrogens is 170 g/mol. The number of carbonyl (C=O) groups is 1. The third-order valence-corrected chi connectivity index (χ3v) is 1.44. The molecule has 0 saturated carbocycles. The van der Waals surface area contributed by atoms with Crippen LogP contribution in [0.5, 0.6) is 5.75 Å². The molecule has 0 unspecified atom stereocenters. The Kier molecular flexibility index (Phi) is 3.14. The number of ether oxygens (including phenoxy) is 1. The first-order chi connectivity index (χ1) is 6.18. The van der Waals surface area contributed by atoms with Crippen molar-refractivity contribution >= 4 is 6.09 Å². The predicted molar refractivity (Wildman–Crippen MR) is 47.0 cm³/mol. The molecule has 0 spiro atoms. The van der Waals surface area contributed by atoms with E-state index in [1.807, 2.05) is 0 Å². The number of carbonyl (C=O) groups excluding carboxylic acids is 1. The zero-order valence-electron chi connectivity index (χ0n) is 6.93. The van der Waals surface area contributed by atoms with Crippen molar-refractivity contribution in [1.29, 1.82) is 0 Å². The number of aromatic hydroxyl groups is 1. The molecule has 0 aliphatic heterocycles. The number of phenols is 1. The first-order valence-corrected chi connectivity index (χ1v) is 3.73. The Labute approximate surface area is 75.9 Å². The molecule has 0 atom stereocenters. The van der Waals surface area contributed by atoms with Crippen molar-refractivity contribution < 1.29 is 14.6 Å². The molecule has 1 aromatic rings. The van der Waals surface area contributed by atoms with Crippen LogP contribution in [0.1, 0.15) is 5.56 Å². The van der Waals surface area contributed by atoms with Gasteiger partial charge in [0.05, 0.1) is 0 Å². The predicted octanol–water partition coefficient (Wildman–Crippen LogP) is 1.04. The van der Waals surface area contributed by atoms with Crippen LogP contribution in [0.3, 0.4) is 0 Å². The largest absolute Gasteiger partial charge is 0.508 e. The summed E-state index contributed by atoms with van der Waals surface area (Å²) >= 11 is 0. The van der Waals surface area contributed by atoms with Gasteiger partial charge in [-0.1, -0.05) is 12.1 Å². The number of hydrogen-bond acceptors (Lipinski definition) is 3. The van der Waals surface area contributed by atoms with Crippen LogP contribution < -0.4 is 5.73 Å². The van der Waals surface area contributed by atoms with E-state index < -0.39 is 6.09 Å². The number of phenolic OH excluding ortho intramolecular Hbond substituents is 1. The van der Waals surface area contributed by atoms with Crippen molar-refractivity contribution in [3.63, 3.8) is 0 Å². The van der Waals surface area contributed by atoms with Crippen molar-refractivity contribution in [3.05, 3.63) is 36.2 Å². The molecule has 0 bridgehead atoms. The summed E-state index contributed by atoms with van der Waals surface area (Å²) in [5, 5.41) is 8.95. The van der Waals surface area contributed by atoms with Gasteiger partial charge in [-0.15, -0.1) is 0 Å². The van der Waals surface area contributed by atoms with Gasteiger partial charge in [-0.05, 0) is 17.7 Å². The lowest BCUT2D eigenvalue weighted by Gasteiger charge is -2.01. The van der Waals surface area contributed by atoms with Crippen molar-refractivity contribution in [1.82, 2.24) is 0 Å². The highest BCUT2D eigenvalue weighted by Gasteiger charge is 1.96. The SMILES string of the molecule is NC(=O)OC[CH]c1ccc(O)cc1. The maximum Gasteiger partial charge on any atom is 0.404 e. The average Bonchev–Trinajstić information content (AvgIpc) is 2.08. The first kappa shape index (κ1) is 9.38. The van der Waals surface area contributed by atoms with E-state index in [0.29, 0.717) is 0 Å². The van der Waals surface area contributed by atoms with Gasteiger partial charge >= 0.3 is 6.09 Å². The molecule has 1 amide bonds. The lowest BCUT2D eigenvalue weighted by molar-refractivity contribution is 0.166. The normalized spacial score (nSPS) is 9.54. The smallest absolute Gasteiger partial charge is 0.404 e. The van der Waals surface area contributed by atoms with Gasteiger partial charge in [-0.3, -0.25) is 0 Å². The molecule has 1 aromatic carbocycles. The fraction of sp³-hybridized carbons (Fsp3) is 0.111. The van der Waals surface area contributed by atoms with Crippen LogP contribution >= 0.6 is 0 Å². The van der Waals surface area contributed by atoms with Crippen LogP contribution in [0, 0.1) is 6.42 Å². The summed E-state index contributed by atoms with van der Waals surface area (Å²) in [6.07, 6.45) is 0.888. The average molecular weight is 180 g/mol. The Balaban J connectivity index is 2.37. The van der Waals surface area contributed by atoms with E-state index in [-0.39, 0.29) is 12.4 Å². The van der Waals surface area contributed by atoms with Crippen molar-refractivity contribution in [2.45, 2.75) is 0 Å². The summed E-state index contributed by atoms with van der Waals surface area (Å²) in [6, 6.07) is 6.52. The third kappa shape index (κ3) is 3.46. The zero-order valence-corrected chi connectivity index (χ0v) is 6.93. The Bertz CT molecular complexity index is 281. The van der Waals surface area contributed by atoms with E-state index in [4.69, 9.17) is 10.8 Å². The molecule has 0 fully saturated rings. The van der Waals surface area contributed by atoms with Crippen LogP contribution in [-0.4, -0.2) is 17.8 Å². The van der Waals surface area contributed by atoms with Crippen molar-refractivity contribution in [2.24, 2.45) is 5.73 Å². The summed E-state index contributed by atoms with van der Waals surface area (Å²) in [5.41, 5.74) is 5.62. The maximum absolute atomic E-state index is 10.2. The van der Waals surface area contributed by atoms with E-state index >= 15 is 0 Å². The van der Waals surface area contributed by atoms with Gasteiger partial charge in [0, 0.05) is 6.42 Å². The second-order valence-electron chi connectivity index (χ2n) is 2.43. The molecule has 4 heteroatoms. The molecule has 3 N–H and O–H groups in total. The number of amides is 1. The highest BCUT2D eigenvalue weighted by Crippen LogP contribution is 2.10. The van der Waals surface area contributed by atoms with Gasteiger partial charge in [0.25, 0.3) is 0 Å². The zero-order chi connectivity index (χ0) is 9.68. The highest BCUT2D eigenvalue weighted by atomic mass is 16.5. The molecule has 0 aliphatic carbocycles. The second-order valence-corrected chi connectivity index (χ2v) is 2.43. The number of rotatable bonds is 3. The van der Waals surface area contributed by atoms with Crippen LogP contribution in [0.4, 0.5) is 4.79 Å². The summed E-state index contributed by atoms with van der Waals surface area (Å²) in [4.78, 5) is 10.2. The van der Waals surface area contributed by atoms with E-state index in [0.717, 1.165) is 5.56 Å². The van der Waals surface area contributed by atoms with Gasteiger partial charge in [0.15, 0.2) is 0 Å². The molecule has 0 saturated heterocycles. The van der Waals surface area contributed by atoms with E-state index in [9.17, 15) is 4.79 Å². The number of hydrogen-bond donors (Lipinski definition) is 2. The second kappa shape index (κ2) is 4.35. The Morgan fingerprint density at radius 3 is 2.62 bits per heavy atom. The fourth-order valence-corrected chi connectivity index (χ4v) is 0.830. The van der Waals surface area contributed by atoms with Crippen LogP contribution in [-0.2, 0) is 4.74 Å². The molecular formula is C9H10NO3. The first-order valence-electron chi connectivity index (χ1n) is 3.73. The summed E-state index contributed by atoms with van der Waals surface area (Å²) in [6.45, 7) is 0.139. The minimum Gasteiger partial charge on any atom is -0.508 e. The minimum absolute atomic E-state index is 0.139. The van der Waals surface area contributed by atoms with Crippen LogP contribution in [0.2, 0.25) is 0 Å². The minimum atomic E-state index is -0.796. The summed E-state index contributed by atoms with van der Waals surface area (Å²) in [7, 11) is 0. The quantitative estimate of drug-likeness (QED) is 0.729. The maximum atomic E-state index is 10.2. The lowest BCUT2D eigenvalue weighted by Crippen LogP contribution is -2.13. The number of nitrogens with two attached hydrogens (primary N) is 1. The monoisotopic (exact) mass is 180 g/mol. The Morgan fingerprint density at radius 1 is 1.46 bits per heavy atom. The molecule has 1 radical (unpaired) electrons. The molecule has 1 rings (SSSR count). The lowest BCUT2D eigenvalue weighted by atomic mass is 10.1. The van der Waals surface area contributed by atoms with Crippen molar-refractivity contribution in [3.8, 4) is 5.75 Å². The molecule has 0 heterocycles. The van der Waals surface area contributed by atoms with Crippen molar-refractivity contribution in [2.75, 3.05) is 6.61 Å². The summed E-state index contributed by atoms with van der Waals surface area (Å²) in [5.74, 6) is 0.202. The standard InChI is InChI=1S/C9H10NO3/c10-9(12)13-6-5-7-1-3-8(11)4-2-7/h1-5,11H,6H2,(H2,10,12).